The van der Waals surface area contributed by atoms with Crippen molar-refractivity contribution in [2.24, 2.45) is 0 Å². The van der Waals surface area contributed by atoms with Crippen LogP contribution in [0.5, 0.6) is 0 Å². The van der Waals surface area contributed by atoms with Gasteiger partial charge in [-0.3, -0.25) is 9.69 Å². The van der Waals surface area contributed by atoms with Gasteiger partial charge in [-0.2, -0.15) is 0 Å². The molecule has 1 aliphatic rings. The van der Waals surface area contributed by atoms with E-state index in [1.54, 1.807) is 17.9 Å². The maximum Gasteiger partial charge on any atom is 0.320 e. The molecule has 3 nitrogen and oxygen atoms in total. The van der Waals surface area contributed by atoms with Gasteiger partial charge in [0, 0.05) is 18.7 Å². The maximum absolute atomic E-state index is 13.5. The van der Waals surface area contributed by atoms with Gasteiger partial charge in [-0.1, -0.05) is 12.1 Å². The van der Waals surface area contributed by atoms with Gasteiger partial charge in [0.15, 0.2) is 0 Å². The molecule has 1 heterocycles. The first-order valence-corrected chi connectivity index (χ1v) is 5.32. The van der Waals surface area contributed by atoms with Crippen molar-refractivity contribution < 1.29 is 14.3 Å². The van der Waals surface area contributed by atoms with Crippen LogP contribution in [0.3, 0.4) is 0 Å². The fraction of sp³-hybridized carbons (Fsp3) is 0.417. The van der Waals surface area contributed by atoms with Crippen LogP contribution in [0.15, 0.2) is 18.2 Å². The second kappa shape index (κ2) is 4.22. The molecule has 0 saturated heterocycles. The highest BCUT2D eigenvalue weighted by Crippen LogP contribution is 2.22. The number of carboxylic acids is 1. The number of fused-ring (bicyclic) bond motifs is 1. The molecular weight excluding hydrogens is 209 g/mol. The Morgan fingerprint density at radius 1 is 1.56 bits per heavy atom. The number of carbonyl (C=O) groups is 1. The molecular formula is C12H14FNO2. The molecule has 2 rings (SSSR count). The Morgan fingerprint density at radius 2 is 2.31 bits per heavy atom. The molecule has 0 saturated carbocycles. The van der Waals surface area contributed by atoms with Crippen LogP contribution in [0.1, 0.15) is 18.1 Å². The van der Waals surface area contributed by atoms with E-state index in [9.17, 15) is 9.18 Å². The minimum Gasteiger partial charge on any atom is -0.480 e. The first-order valence-electron chi connectivity index (χ1n) is 5.32. The standard InChI is InChI=1S/C12H14FNO2/c1-8(12(15)16)14-6-5-9-3-2-4-11(13)10(9)7-14/h2-4,8H,5-7H2,1H3,(H,15,16). The van der Waals surface area contributed by atoms with Crippen LogP contribution < -0.4 is 0 Å². The summed E-state index contributed by atoms with van der Waals surface area (Å²) in [5.74, 6) is -1.10. The number of hydrogen-bond acceptors (Lipinski definition) is 2. The third-order valence-corrected chi connectivity index (χ3v) is 3.15. The molecule has 0 spiro atoms. The minimum atomic E-state index is -0.861. The van der Waals surface area contributed by atoms with Gasteiger partial charge < -0.3 is 5.11 Å². The Labute approximate surface area is 93.5 Å². The van der Waals surface area contributed by atoms with Gasteiger partial charge in [-0.15, -0.1) is 0 Å². The smallest absolute Gasteiger partial charge is 0.320 e. The monoisotopic (exact) mass is 223 g/mol. The molecule has 16 heavy (non-hydrogen) atoms. The molecule has 1 unspecified atom stereocenters. The summed E-state index contributed by atoms with van der Waals surface area (Å²) in [6.07, 6.45) is 0.713. The zero-order chi connectivity index (χ0) is 11.7. The molecule has 1 aromatic carbocycles. The number of benzene rings is 1. The van der Waals surface area contributed by atoms with Gasteiger partial charge in [0.1, 0.15) is 11.9 Å². The molecule has 0 radical (unpaired) electrons. The highest BCUT2D eigenvalue weighted by atomic mass is 19.1. The Balaban J connectivity index is 2.23. The average Bonchev–Trinajstić information content (AvgIpc) is 2.28. The first-order chi connectivity index (χ1) is 7.59. The molecule has 0 amide bonds. The molecule has 0 aromatic heterocycles. The molecule has 1 aliphatic heterocycles. The predicted octanol–water partition coefficient (Wildman–Crippen LogP) is 1.66. The third kappa shape index (κ3) is 1.93. The fourth-order valence-electron chi connectivity index (χ4n) is 2.05. The van der Waals surface area contributed by atoms with E-state index in [0.29, 0.717) is 25.1 Å². The van der Waals surface area contributed by atoms with Crippen LogP contribution in [0.2, 0.25) is 0 Å². The average molecular weight is 223 g/mol. The minimum absolute atomic E-state index is 0.236. The predicted molar refractivity (Wildman–Crippen MR) is 57.6 cm³/mol. The van der Waals surface area contributed by atoms with E-state index in [1.165, 1.54) is 6.07 Å². The topological polar surface area (TPSA) is 40.5 Å². The van der Waals surface area contributed by atoms with E-state index < -0.39 is 12.0 Å². The largest absolute Gasteiger partial charge is 0.480 e. The number of carboxylic acid groups (broad SMARTS) is 1. The van der Waals surface area contributed by atoms with Crippen LogP contribution in [0, 0.1) is 5.82 Å². The third-order valence-electron chi connectivity index (χ3n) is 3.15. The summed E-state index contributed by atoms with van der Waals surface area (Å²) in [6, 6.07) is 4.46. The van der Waals surface area contributed by atoms with Crippen molar-refractivity contribution >= 4 is 5.97 Å². The van der Waals surface area contributed by atoms with E-state index in [1.807, 2.05) is 6.07 Å². The van der Waals surface area contributed by atoms with E-state index in [0.717, 1.165) is 5.56 Å². The van der Waals surface area contributed by atoms with Crippen molar-refractivity contribution in [2.75, 3.05) is 6.54 Å². The normalized spacial score (nSPS) is 17.9. The molecule has 0 aliphatic carbocycles. The summed E-state index contributed by atoms with van der Waals surface area (Å²) in [4.78, 5) is 12.6. The number of rotatable bonds is 2. The summed E-state index contributed by atoms with van der Waals surface area (Å²) in [6.45, 7) is 2.69. The number of nitrogens with zero attached hydrogens (tertiary/aromatic N) is 1. The van der Waals surface area contributed by atoms with Crippen molar-refractivity contribution in [1.29, 1.82) is 0 Å². The van der Waals surface area contributed by atoms with Gasteiger partial charge in [0.25, 0.3) is 0 Å². The van der Waals surface area contributed by atoms with Crippen molar-refractivity contribution in [2.45, 2.75) is 25.9 Å². The lowest BCUT2D eigenvalue weighted by molar-refractivity contribution is -0.143. The zero-order valence-corrected chi connectivity index (χ0v) is 9.11. The van der Waals surface area contributed by atoms with Gasteiger partial charge in [0.05, 0.1) is 0 Å². The molecule has 1 atom stereocenters. The highest BCUT2D eigenvalue weighted by molar-refractivity contribution is 5.72. The van der Waals surface area contributed by atoms with E-state index in [4.69, 9.17) is 5.11 Å². The Morgan fingerprint density at radius 3 is 3.00 bits per heavy atom. The van der Waals surface area contributed by atoms with Crippen LogP contribution in [-0.4, -0.2) is 28.6 Å². The van der Waals surface area contributed by atoms with Crippen LogP contribution in [0.25, 0.3) is 0 Å². The second-order valence-electron chi connectivity index (χ2n) is 4.11. The Bertz CT molecular complexity index is 419. The first kappa shape index (κ1) is 11.1. The summed E-state index contributed by atoms with van der Waals surface area (Å²) in [5, 5.41) is 8.92. The lowest BCUT2D eigenvalue weighted by Crippen LogP contribution is -2.42. The highest BCUT2D eigenvalue weighted by Gasteiger charge is 2.26. The van der Waals surface area contributed by atoms with Crippen LogP contribution >= 0.6 is 0 Å². The Hall–Kier alpha value is -1.42. The fourth-order valence-corrected chi connectivity index (χ4v) is 2.05. The van der Waals surface area contributed by atoms with Crippen molar-refractivity contribution in [3.8, 4) is 0 Å². The van der Waals surface area contributed by atoms with Gasteiger partial charge in [-0.05, 0) is 25.0 Å². The molecule has 1 aromatic rings. The molecule has 0 fully saturated rings. The van der Waals surface area contributed by atoms with E-state index in [2.05, 4.69) is 0 Å². The summed E-state index contributed by atoms with van der Waals surface area (Å²) < 4.78 is 13.5. The second-order valence-corrected chi connectivity index (χ2v) is 4.11. The van der Waals surface area contributed by atoms with E-state index in [-0.39, 0.29) is 5.82 Å². The quantitative estimate of drug-likeness (QED) is 0.828. The van der Waals surface area contributed by atoms with Gasteiger partial charge >= 0.3 is 5.97 Å². The van der Waals surface area contributed by atoms with Crippen molar-refractivity contribution in [3.05, 3.63) is 35.1 Å². The molecule has 4 heteroatoms. The van der Waals surface area contributed by atoms with Crippen molar-refractivity contribution in [3.63, 3.8) is 0 Å². The van der Waals surface area contributed by atoms with E-state index >= 15 is 0 Å². The zero-order valence-electron chi connectivity index (χ0n) is 9.11. The number of hydrogen-bond donors (Lipinski definition) is 1. The summed E-state index contributed by atoms with van der Waals surface area (Å²) >= 11 is 0. The Kier molecular flexibility index (Phi) is 2.92. The maximum atomic E-state index is 13.5. The van der Waals surface area contributed by atoms with Crippen LogP contribution in [0.4, 0.5) is 4.39 Å². The molecule has 1 N–H and O–H groups in total. The molecule has 0 bridgehead atoms. The van der Waals surface area contributed by atoms with Crippen molar-refractivity contribution in [1.82, 2.24) is 4.90 Å². The SMILES string of the molecule is CC(C(=O)O)N1CCc2cccc(F)c2C1. The lowest BCUT2D eigenvalue weighted by Gasteiger charge is -2.31. The summed E-state index contributed by atoms with van der Waals surface area (Å²) in [7, 11) is 0. The van der Waals surface area contributed by atoms with Crippen LogP contribution in [-0.2, 0) is 17.8 Å². The number of aliphatic carboxylic acids is 1. The van der Waals surface area contributed by atoms with Gasteiger partial charge in [0.2, 0.25) is 0 Å². The summed E-state index contributed by atoms with van der Waals surface area (Å²) in [5.41, 5.74) is 1.63. The van der Waals surface area contributed by atoms with Gasteiger partial charge in [-0.25, -0.2) is 4.39 Å². The number of halogens is 1. The molecule has 86 valence electrons. The lowest BCUT2D eigenvalue weighted by atomic mass is 9.98.